The van der Waals surface area contributed by atoms with E-state index in [0.29, 0.717) is 18.1 Å². The molecule has 6 heteroatoms. The van der Waals surface area contributed by atoms with E-state index in [4.69, 9.17) is 9.47 Å². The number of nitrogens with one attached hydrogen (secondary N) is 1. The van der Waals surface area contributed by atoms with Gasteiger partial charge in [0.05, 0.1) is 19.7 Å². The van der Waals surface area contributed by atoms with Crippen molar-refractivity contribution < 1.29 is 23.9 Å². The first-order valence-electron chi connectivity index (χ1n) is 14.2. The van der Waals surface area contributed by atoms with Gasteiger partial charge < -0.3 is 9.47 Å². The van der Waals surface area contributed by atoms with Crippen LogP contribution in [-0.4, -0.2) is 43.8 Å². The molecule has 3 aromatic rings. The van der Waals surface area contributed by atoms with Gasteiger partial charge in [-0.05, 0) is 78.6 Å². The molecule has 0 saturated carbocycles. The molecule has 3 rings (SSSR count). The van der Waals surface area contributed by atoms with Gasteiger partial charge in [-0.15, -0.1) is 0 Å². The summed E-state index contributed by atoms with van der Waals surface area (Å²) >= 11 is 0. The lowest BCUT2D eigenvalue weighted by atomic mass is 9.89. The second kappa shape index (κ2) is 14.2. The van der Waals surface area contributed by atoms with Crippen LogP contribution >= 0.6 is 0 Å². The zero-order valence-electron chi connectivity index (χ0n) is 24.8. The monoisotopic (exact) mass is 545 g/mol. The highest BCUT2D eigenvalue weighted by atomic mass is 16.5. The number of aryl methyl sites for hydroxylation is 2. The van der Waals surface area contributed by atoms with E-state index in [2.05, 4.69) is 42.6 Å². The van der Waals surface area contributed by atoms with Crippen LogP contribution in [0, 0.1) is 12.3 Å². The number of benzene rings is 3. The molecule has 0 radical (unpaired) electrons. The Bertz CT molecular complexity index is 1340. The van der Waals surface area contributed by atoms with Gasteiger partial charge in [0.15, 0.2) is 11.6 Å². The van der Waals surface area contributed by atoms with Crippen LogP contribution in [0.15, 0.2) is 54.6 Å². The Hall–Kier alpha value is -3.51. The first kappa shape index (κ1) is 31.0. The summed E-state index contributed by atoms with van der Waals surface area (Å²) in [5, 5.41) is 4.97. The number of hydrogen-bond donors (Lipinski definition) is 1. The van der Waals surface area contributed by atoms with Crippen LogP contribution in [0.5, 0.6) is 5.75 Å². The molecule has 6 nitrogen and oxygen atoms in total. The molecule has 0 amide bonds. The Morgan fingerprint density at radius 3 is 2.30 bits per heavy atom. The van der Waals surface area contributed by atoms with Gasteiger partial charge in [0, 0.05) is 11.0 Å². The summed E-state index contributed by atoms with van der Waals surface area (Å²) in [6.07, 6.45) is 3.00. The number of ether oxygens (including phenoxy) is 2. The largest absolute Gasteiger partial charge is 0.486 e. The lowest BCUT2D eigenvalue weighted by Gasteiger charge is -2.19. The Kier molecular flexibility index (Phi) is 11.0. The number of Topliss-reactive ketones (excluding diaryl/α,β-unsaturated/α-hetero) is 2. The van der Waals surface area contributed by atoms with Crippen LogP contribution in [0.25, 0.3) is 10.8 Å². The summed E-state index contributed by atoms with van der Waals surface area (Å²) in [5.41, 5.74) is 3.81. The molecule has 0 aromatic heterocycles. The van der Waals surface area contributed by atoms with E-state index >= 15 is 0 Å². The smallest absolute Gasteiger partial charge is 0.319 e. The van der Waals surface area contributed by atoms with Gasteiger partial charge in [0.2, 0.25) is 0 Å². The molecular formula is C34H43NO5. The first-order chi connectivity index (χ1) is 19.0. The normalized spacial score (nSPS) is 12.2. The Morgan fingerprint density at radius 2 is 1.62 bits per heavy atom. The number of hydrogen-bond acceptors (Lipinski definition) is 6. The van der Waals surface area contributed by atoms with Gasteiger partial charge in [-0.1, -0.05) is 70.2 Å². The van der Waals surface area contributed by atoms with Crippen molar-refractivity contribution in [3.63, 3.8) is 0 Å². The van der Waals surface area contributed by atoms with E-state index in [1.54, 1.807) is 6.92 Å². The average molecular weight is 546 g/mol. The fraction of sp³-hybridized carbons (Fsp3) is 0.441. The zero-order chi connectivity index (χ0) is 29.3. The van der Waals surface area contributed by atoms with Crippen LogP contribution in [0.1, 0.15) is 80.4 Å². The molecule has 1 N–H and O–H groups in total. The quantitative estimate of drug-likeness (QED) is 0.181. The lowest BCUT2D eigenvalue weighted by molar-refractivity contribution is -0.141. The van der Waals surface area contributed by atoms with Crippen LogP contribution in [0.4, 0.5) is 0 Å². The maximum absolute atomic E-state index is 12.6. The van der Waals surface area contributed by atoms with Crippen molar-refractivity contribution >= 4 is 28.3 Å². The predicted molar refractivity (Wildman–Crippen MR) is 160 cm³/mol. The van der Waals surface area contributed by atoms with Crippen molar-refractivity contribution in [1.29, 1.82) is 0 Å². The van der Waals surface area contributed by atoms with Gasteiger partial charge in [-0.2, -0.15) is 0 Å². The molecule has 214 valence electrons. The number of carbonyl (C=O) groups excluding carboxylic acids is 3. The minimum absolute atomic E-state index is 0.0191. The van der Waals surface area contributed by atoms with Gasteiger partial charge in [-0.3, -0.25) is 19.7 Å². The molecule has 0 fully saturated rings. The molecule has 40 heavy (non-hydrogen) atoms. The number of ketones is 2. The third kappa shape index (κ3) is 8.75. The molecule has 1 unspecified atom stereocenters. The number of esters is 1. The van der Waals surface area contributed by atoms with Crippen LogP contribution in [-0.2, 0) is 20.7 Å². The zero-order valence-corrected chi connectivity index (χ0v) is 24.8. The van der Waals surface area contributed by atoms with Crippen molar-refractivity contribution in [2.24, 2.45) is 5.41 Å². The molecule has 0 spiro atoms. The maximum Gasteiger partial charge on any atom is 0.319 e. The molecule has 0 aliphatic heterocycles. The second-order valence-corrected chi connectivity index (χ2v) is 11.4. The highest BCUT2D eigenvalue weighted by Gasteiger charge is 2.22. The van der Waals surface area contributed by atoms with E-state index < -0.39 is 5.41 Å². The van der Waals surface area contributed by atoms with Crippen molar-refractivity contribution in [2.75, 3.05) is 26.3 Å². The Labute approximate surface area is 238 Å². The third-order valence-electron chi connectivity index (χ3n) is 7.23. The van der Waals surface area contributed by atoms with Crippen LogP contribution in [0.3, 0.4) is 0 Å². The average Bonchev–Trinajstić information content (AvgIpc) is 2.92. The van der Waals surface area contributed by atoms with Crippen molar-refractivity contribution in [3.8, 4) is 5.75 Å². The molecule has 0 saturated heterocycles. The van der Waals surface area contributed by atoms with Crippen LogP contribution in [0.2, 0.25) is 0 Å². The maximum atomic E-state index is 12.6. The molecule has 0 heterocycles. The first-order valence-corrected chi connectivity index (χ1v) is 14.2. The van der Waals surface area contributed by atoms with Crippen molar-refractivity contribution in [1.82, 2.24) is 5.32 Å². The number of fused-ring (bicyclic) bond motifs is 1. The Balaban J connectivity index is 1.59. The van der Waals surface area contributed by atoms with E-state index in [-0.39, 0.29) is 37.2 Å². The summed E-state index contributed by atoms with van der Waals surface area (Å²) in [6, 6.07) is 18.4. The highest BCUT2D eigenvalue weighted by Crippen LogP contribution is 2.30. The summed E-state index contributed by atoms with van der Waals surface area (Å²) in [4.78, 5) is 36.2. The van der Waals surface area contributed by atoms with Gasteiger partial charge >= 0.3 is 5.97 Å². The van der Waals surface area contributed by atoms with E-state index in [1.807, 2.05) is 52.0 Å². The molecule has 1 atom stereocenters. The Morgan fingerprint density at radius 1 is 0.900 bits per heavy atom. The molecule has 3 aromatic carbocycles. The highest BCUT2D eigenvalue weighted by molar-refractivity contribution is 6.01. The summed E-state index contributed by atoms with van der Waals surface area (Å²) < 4.78 is 10.7. The summed E-state index contributed by atoms with van der Waals surface area (Å²) in [6.45, 7) is 12.2. The lowest BCUT2D eigenvalue weighted by Crippen LogP contribution is -2.29. The van der Waals surface area contributed by atoms with E-state index in [0.717, 1.165) is 41.3 Å². The van der Waals surface area contributed by atoms with E-state index in [1.165, 1.54) is 11.1 Å². The fourth-order valence-electron chi connectivity index (χ4n) is 4.61. The van der Waals surface area contributed by atoms with E-state index in [9.17, 15) is 14.4 Å². The second-order valence-electron chi connectivity index (χ2n) is 11.4. The number of carbonyl (C=O) groups is 3. The van der Waals surface area contributed by atoms with Gasteiger partial charge in [0.1, 0.15) is 12.4 Å². The molecule has 0 aliphatic carbocycles. The van der Waals surface area contributed by atoms with Gasteiger partial charge in [0.25, 0.3) is 0 Å². The summed E-state index contributed by atoms with van der Waals surface area (Å²) in [5.74, 6) is 0.842. The van der Waals surface area contributed by atoms with Crippen molar-refractivity contribution in [3.05, 3.63) is 76.9 Å². The SMILES string of the molecule is CCOC(=O)CNCC(=O)c1ccc2cc(CCC(CC)c3ccc(OCC(=O)C(C)(C)C)c(C)c3)ccc2c1. The number of rotatable bonds is 14. The summed E-state index contributed by atoms with van der Waals surface area (Å²) in [7, 11) is 0. The molecule has 0 bridgehead atoms. The van der Waals surface area contributed by atoms with Gasteiger partial charge in [-0.25, -0.2) is 0 Å². The van der Waals surface area contributed by atoms with Crippen LogP contribution < -0.4 is 10.1 Å². The standard InChI is InChI=1S/C34H43NO5/c1-7-25(26-15-16-31(23(3)17-26)40-22-32(37)34(4,5)6)11-9-24-10-12-28-19-29(14-13-27(28)18-24)30(36)20-35-21-33(38)39-8-2/h10,12-19,25,35H,7-9,11,20-22H2,1-6H3. The molecular weight excluding hydrogens is 502 g/mol. The van der Waals surface area contributed by atoms with Crippen molar-refractivity contribution in [2.45, 2.75) is 66.7 Å². The minimum Gasteiger partial charge on any atom is -0.486 e. The minimum atomic E-state index is -0.409. The third-order valence-corrected chi connectivity index (χ3v) is 7.23. The fourth-order valence-corrected chi connectivity index (χ4v) is 4.61. The molecule has 0 aliphatic rings. The predicted octanol–water partition coefficient (Wildman–Crippen LogP) is 6.60. The topological polar surface area (TPSA) is 81.7 Å².